The topological polar surface area (TPSA) is 24.5 Å². The van der Waals surface area contributed by atoms with Crippen LogP contribution in [0.2, 0.25) is 0 Å². The van der Waals surface area contributed by atoms with Crippen LogP contribution in [0.4, 0.5) is 8.78 Å². The first-order valence-corrected chi connectivity index (χ1v) is 5.45. The van der Waals surface area contributed by atoms with Crippen molar-refractivity contribution in [3.63, 3.8) is 0 Å². The highest BCUT2D eigenvalue weighted by Crippen LogP contribution is 2.14. The maximum absolute atomic E-state index is 11.8. The van der Waals surface area contributed by atoms with E-state index in [1.165, 1.54) is 6.42 Å². The minimum atomic E-state index is -2.35. The van der Waals surface area contributed by atoms with Gasteiger partial charge in [-0.2, -0.15) is 0 Å². The van der Waals surface area contributed by atoms with Crippen LogP contribution in [0.25, 0.3) is 0 Å². The second-order valence-corrected chi connectivity index (χ2v) is 3.98. The Balaban J connectivity index is 0.00000225. The molecule has 1 fully saturated rings. The Morgan fingerprint density at radius 1 is 1.50 bits per heavy atom. The van der Waals surface area contributed by atoms with Crippen molar-refractivity contribution in [2.45, 2.75) is 12.8 Å². The predicted octanol–water partition coefficient (Wildman–Crippen LogP) is 1.23. The smallest absolute Gasteiger partial charge is 0.261 e. The first-order valence-electron chi connectivity index (χ1n) is 5.45. The Bertz CT molecular complexity index is 175. The molecule has 3 nitrogen and oxygen atoms in total. The van der Waals surface area contributed by atoms with Crippen molar-refractivity contribution in [2.75, 3.05) is 46.4 Å². The van der Waals surface area contributed by atoms with Crippen LogP contribution in [0.1, 0.15) is 6.42 Å². The van der Waals surface area contributed by atoms with Crippen LogP contribution in [-0.4, -0.2) is 57.8 Å². The Morgan fingerprint density at radius 2 is 2.25 bits per heavy atom. The van der Waals surface area contributed by atoms with Gasteiger partial charge in [0.1, 0.15) is 6.61 Å². The zero-order chi connectivity index (χ0) is 11.1. The molecule has 1 atom stereocenters. The summed E-state index contributed by atoms with van der Waals surface area (Å²) >= 11 is 0. The van der Waals surface area contributed by atoms with Crippen LogP contribution >= 0.6 is 12.4 Å². The Labute approximate surface area is 102 Å². The molecule has 0 radical (unpaired) electrons. The highest BCUT2D eigenvalue weighted by molar-refractivity contribution is 5.85. The van der Waals surface area contributed by atoms with Gasteiger partial charge in [-0.05, 0) is 32.5 Å². The summed E-state index contributed by atoms with van der Waals surface area (Å²) in [4.78, 5) is 2.27. The summed E-state index contributed by atoms with van der Waals surface area (Å²) in [7, 11) is 1.95. The minimum absolute atomic E-state index is 0. The second kappa shape index (κ2) is 9.10. The fourth-order valence-electron chi connectivity index (χ4n) is 1.94. The van der Waals surface area contributed by atoms with E-state index < -0.39 is 13.0 Å². The van der Waals surface area contributed by atoms with E-state index in [1.807, 2.05) is 7.05 Å². The van der Waals surface area contributed by atoms with Crippen molar-refractivity contribution in [1.29, 1.82) is 0 Å². The van der Waals surface area contributed by atoms with E-state index in [-0.39, 0.29) is 12.4 Å². The molecule has 0 amide bonds. The molecule has 0 spiro atoms. The van der Waals surface area contributed by atoms with Crippen LogP contribution in [0, 0.1) is 5.92 Å². The van der Waals surface area contributed by atoms with E-state index >= 15 is 0 Å². The fraction of sp³-hybridized carbons (Fsp3) is 1.00. The van der Waals surface area contributed by atoms with Crippen molar-refractivity contribution < 1.29 is 13.5 Å². The molecule has 1 saturated heterocycles. The van der Waals surface area contributed by atoms with Gasteiger partial charge in [-0.1, -0.05) is 0 Å². The lowest BCUT2D eigenvalue weighted by Crippen LogP contribution is -2.28. The van der Waals surface area contributed by atoms with E-state index in [9.17, 15) is 8.78 Å². The lowest BCUT2D eigenvalue weighted by Gasteiger charge is -2.15. The molecule has 0 saturated carbocycles. The first-order chi connectivity index (χ1) is 7.22. The van der Waals surface area contributed by atoms with E-state index in [2.05, 4.69) is 10.2 Å². The third-order valence-electron chi connectivity index (χ3n) is 2.66. The predicted molar refractivity (Wildman–Crippen MR) is 62.5 cm³/mol. The number of rotatable bonds is 7. The van der Waals surface area contributed by atoms with Gasteiger partial charge in [0.15, 0.2) is 0 Å². The summed E-state index contributed by atoms with van der Waals surface area (Å²) in [5, 5.41) is 3.16. The molecular weight excluding hydrogens is 238 g/mol. The van der Waals surface area contributed by atoms with Crippen molar-refractivity contribution in [3.8, 4) is 0 Å². The minimum Gasteiger partial charge on any atom is -0.374 e. The summed E-state index contributed by atoms with van der Waals surface area (Å²) in [6, 6.07) is 0. The molecule has 6 heteroatoms. The Morgan fingerprint density at radius 3 is 2.88 bits per heavy atom. The molecule has 0 aliphatic carbocycles. The van der Waals surface area contributed by atoms with Crippen molar-refractivity contribution in [3.05, 3.63) is 0 Å². The number of nitrogens with zero attached hydrogens (tertiary/aromatic N) is 1. The molecule has 1 unspecified atom stereocenters. The molecular formula is C10H21ClF2N2O. The van der Waals surface area contributed by atoms with Crippen molar-refractivity contribution >= 4 is 12.4 Å². The molecule has 1 heterocycles. The Kier molecular flexibility index (Phi) is 9.12. The van der Waals surface area contributed by atoms with Crippen LogP contribution < -0.4 is 5.32 Å². The van der Waals surface area contributed by atoms with Crippen molar-refractivity contribution in [2.24, 2.45) is 5.92 Å². The average Bonchev–Trinajstić information content (AvgIpc) is 2.61. The molecule has 1 rings (SSSR count). The molecule has 0 aromatic heterocycles. The highest BCUT2D eigenvalue weighted by Gasteiger charge is 2.21. The molecule has 1 aliphatic rings. The zero-order valence-corrected chi connectivity index (χ0v) is 10.4. The quantitative estimate of drug-likeness (QED) is 0.696. The molecule has 16 heavy (non-hydrogen) atoms. The Hall–Kier alpha value is 0.0300. The molecule has 0 bridgehead atoms. The van der Waals surface area contributed by atoms with Gasteiger partial charge in [0.2, 0.25) is 0 Å². The SMILES string of the molecule is CNCC1CCN(CCOCC(F)F)C1.Cl. The first kappa shape index (κ1) is 16.0. The average molecular weight is 259 g/mol. The summed E-state index contributed by atoms with van der Waals surface area (Å²) in [6.07, 6.45) is -1.16. The van der Waals surface area contributed by atoms with E-state index in [4.69, 9.17) is 4.74 Å². The second-order valence-electron chi connectivity index (χ2n) is 3.98. The normalized spacial score (nSPS) is 21.4. The maximum atomic E-state index is 11.8. The van der Waals surface area contributed by atoms with E-state index in [1.54, 1.807) is 0 Å². The monoisotopic (exact) mass is 258 g/mol. The largest absolute Gasteiger partial charge is 0.374 e. The van der Waals surface area contributed by atoms with Gasteiger partial charge < -0.3 is 15.0 Å². The van der Waals surface area contributed by atoms with Gasteiger partial charge in [-0.3, -0.25) is 0 Å². The van der Waals surface area contributed by atoms with Crippen LogP contribution in [0.5, 0.6) is 0 Å². The number of likely N-dealkylation sites (tertiary alicyclic amines) is 1. The van der Waals surface area contributed by atoms with Gasteiger partial charge >= 0.3 is 0 Å². The number of ether oxygens (including phenoxy) is 1. The number of hydrogen-bond donors (Lipinski definition) is 1. The molecule has 1 N–H and O–H groups in total. The van der Waals surface area contributed by atoms with Gasteiger partial charge in [0.05, 0.1) is 6.61 Å². The lowest BCUT2D eigenvalue weighted by molar-refractivity contribution is 0.0112. The van der Waals surface area contributed by atoms with Crippen LogP contribution in [0.3, 0.4) is 0 Å². The molecule has 1 aliphatic heterocycles. The van der Waals surface area contributed by atoms with E-state index in [0.717, 1.165) is 26.2 Å². The van der Waals surface area contributed by atoms with Crippen molar-refractivity contribution in [1.82, 2.24) is 10.2 Å². The standard InChI is InChI=1S/C10H20F2N2O.ClH/c1-13-6-9-2-3-14(7-9)4-5-15-8-10(11)12;/h9-10,13H,2-8H2,1H3;1H. The highest BCUT2D eigenvalue weighted by atomic mass is 35.5. The third kappa shape index (κ3) is 6.58. The van der Waals surface area contributed by atoms with Gasteiger partial charge in [0, 0.05) is 13.1 Å². The summed E-state index contributed by atoms with van der Waals surface area (Å²) in [5.74, 6) is 0.699. The van der Waals surface area contributed by atoms with Crippen LogP contribution in [0.15, 0.2) is 0 Å². The van der Waals surface area contributed by atoms with Gasteiger partial charge in [-0.15, -0.1) is 12.4 Å². The molecule has 98 valence electrons. The molecule has 0 aromatic rings. The number of hydrogen-bond acceptors (Lipinski definition) is 3. The van der Waals surface area contributed by atoms with Gasteiger partial charge in [0.25, 0.3) is 6.43 Å². The maximum Gasteiger partial charge on any atom is 0.261 e. The summed E-state index contributed by atoms with van der Waals surface area (Å²) in [6.45, 7) is 3.90. The zero-order valence-electron chi connectivity index (χ0n) is 9.62. The summed E-state index contributed by atoms with van der Waals surface area (Å²) in [5.41, 5.74) is 0. The number of halogens is 3. The van der Waals surface area contributed by atoms with E-state index in [0.29, 0.717) is 12.5 Å². The van der Waals surface area contributed by atoms with Crippen LogP contribution in [-0.2, 0) is 4.74 Å². The third-order valence-corrected chi connectivity index (χ3v) is 2.66. The number of nitrogens with one attached hydrogen (secondary N) is 1. The van der Waals surface area contributed by atoms with Gasteiger partial charge in [-0.25, -0.2) is 8.78 Å². The summed E-state index contributed by atoms with van der Waals surface area (Å²) < 4.78 is 28.3. The number of alkyl halides is 2. The molecule has 0 aromatic carbocycles. The lowest BCUT2D eigenvalue weighted by atomic mass is 10.1. The fourth-order valence-corrected chi connectivity index (χ4v) is 1.94.